The van der Waals surface area contributed by atoms with Crippen molar-refractivity contribution in [2.45, 2.75) is 79.7 Å². The summed E-state index contributed by atoms with van der Waals surface area (Å²) in [5, 5.41) is 0. The van der Waals surface area contributed by atoms with E-state index in [4.69, 9.17) is 0 Å². The number of rotatable bonds is 9. The lowest BCUT2D eigenvalue weighted by molar-refractivity contribution is -0.397. The number of hydrogen-bond donors (Lipinski definition) is 0. The molecule has 0 fully saturated rings. The van der Waals surface area contributed by atoms with E-state index in [1.165, 1.54) is 22.6 Å². The monoisotopic (exact) mass is 472 g/mol. The molecule has 0 amide bonds. The Balaban J connectivity index is 5.16. The van der Waals surface area contributed by atoms with Gasteiger partial charge in [-0.3, -0.25) is 0 Å². The van der Waals surface area contributed by atoms with Crippen molar-refractivity contribution in [2.75, 3.05) is 0 Å². The first-order valence-electron chi connectivity index (χ1n) is 6.91. The molecule has 0 rings (SSSR count). The first kappa shape index (κ1) is 23.1. The second kappa shape index (κ2) is 7.55. The molecular weight excluding hydrogens is 454 g/mol. The maximum absolute atomic E-state index is 13.6. The summed E-state index contributed by atoms with van der Waals surface area (Å²) >= 11 is 1.40. The van der Waals surface area contributed by atoms with Gasteiger partial charge in [0.2, 0.25) is 0 Å². The molecule has 0 aliphatic rings. The Labute approximate surface area is 142 Å². The Morgan fingerprint density at radius 2 is 1.22 bits per heavy atom. The maximum Gasteiger partial charge on any atom is 0.460 e. The van der Waals surface area contributed by atoms with Crippen molar-refractivity contribution in [3.63, 3.8) is 0 Å². The van der Waals surface area contributed by atoms with Crippen molar-refractivity contribution in [1.29, 1.82) is 0 Å². The Morgan fingerprint density at radius 3 is 1.61 bits per heavy atom. The van der Waals surface area contributed by atoms with E-state index in [0.717, 1.165) is 19.8 Å². The highest BCUT2D eigenvalue weighted by atomic mass is 127. The third-order valence-corrected chi connectivity index (χ3v) is 4.27. The van der Waals surface area contributed by atoms with E-state index in [1.54, 1.807) is 0 Å². The summed E-state index contributed by atoms with van der Waals surface area (Å²) in [5.41, 5.74) is 0. The van der Waals surface area contributed by atoms with Gasteiger partial charge in [0.1, 0.15) is 0 Å². The molecule has 23 heavy (non-hydrogen) atoms. The lowest BCUT2D eigenvalue weighted by Crippen LogP contribution is -2.61. The molecule has 0 radical (unpaired) electrons. The van der Waals surface area contributed by atoms with Crippen LogP contribution < -0.4 is 0 Å². The van der Waals surface area contributed by atoms with Crippen molar-refractivity contribution in [1.82, 2.24) is 0 Å². The molecule has 0 saturated heterocycles. The molecule has 0 spiro atoms. The largest absolute Gasteiger partial charge is 0.460 e. The predicted molar refractivity (Wildman–Crippen MR) is 76.7 cm³/mol. The molecule has 0 nitrogen and oxygen atoms in total. The first-order valence-corrected chi connectivity index (χ1v) is 7.99. The molecule has 0 aliphatic heterocycles. The second-order valence-electron chi connectivity index (χ2n) is 5.75. The molecule has 0 N–H and O–H groups in total. The van der Waals surface area contributed by atoms with Crippen molar-refractivity contribution in [3.8, 4) is 0 Å². The van der Waals surface area contributed by atoms with E-state index >= 15 is 0 Å². The normalized spacial score (nSPS) is 17.2. The summed E-state index contributed by atoms with van der Waals surface area (Å²) in [5.74, 6) is -18.8. The minimum absolute atomic E-state index is 0.0107. The molecule has 10 heteroatoms. The average molecular weight is 472 g/mol. The fraction of sp³-hybridized carbons (Fsp3) is 1.00. The molecule has 0 aromatic carbocycles. The molecule has 0 aliphatic carbocycles. The molecule has 0 saturated carbocycles. The average Bonchev–Trinajstić information content (AvgIpc) is 2.31. The number of alkyl halides is 10. The van der Waals surface area contributed by atoms with Gasteiger partial charge in [0.25, 0.3) is 0 Å². The zero-order valence-electron chi connectivity index (χ0n) is 12.5. The van der Waals surface area contributed by atoms with E-state index < -0.39 is 33.8 Å². The Bertz CT molecular complexity index is 374. The Kier molecular flexibility index (Phi) is 7.58. The summed E-state index contributed by atoms with van der Waals surface area (Å²) in [4.78, 5) is 0. The minimum Gasteiger partial charge on any atom is -0.200 e. The fourth-order valence-corrected chi connectivity index (χ4v) is 2.85. The topological polar surface area (TPSA) is 0 Å². The summed E-state index contributed by atoms with van der Waals surface area (Å²) in [7, 11) is 0. The standard InChI is InChI=1S/C13H18F9I/c1-3-4-5-6-7-9(2,23)8-10(14,15)11(16,17)12(18,19)13(20,21)22/h3-8H2,1-2H3. The summed E-state index contributed by atoms with van der Waals surface area (Å²) < 4.78 is 114. The lowest BCUT2D eigenvalue weighted by Gasteiger charge is -2.37. The van der Waals surface area contributed by atoms with Gasteiger partial charge < -0.3 is 0 Å². The van der Waals surface area contributed by atoms with Crippen LogP contribution in [0.1, 0.15) is 52.4 Å². The highest BCUT2D eigenvalue weighted by Crippen LogP contribution is 2.56. The Morgan fingerprint density at radius 1 is 0.739 bits per heavy atom. The van der Waals surface area contributed by atoms with E-state index in [9.17, 15) is 39.5 Å². The van der Waals surface area contributed by atoms with Crippen LogP contribution in [0.4, 0.5) is 39.5 Å². The van der Waals surface area contributed by atoms with Gasteiger partial charge in [0.05, 0.1) is 0 Å². The third kappa shape index (κ3) is 5.55. The summed E-state index contributed by atoms with van der Waals surface area (Å²) in [6, 6.07) is 0. The molecule has 0 heterocycles. The van der Waals surface area contributed by atoms with Crippen LogP contribution in [-0.4, -0.2) is 27.4 Å². The van der Waals surface area contributed by atoms with Crippen LogP contribution in [0, 0.1) is 0 Å². The second-order valence-corrected chi connectivity index (χ2v) is 8.36. The quantitative estimate of drug-likeness (QED) is 0.147. The molecule has 1 unspecified atom stereocenters. The van der Waals surface area contributed by atoms with Gasteiger partial charge >= 0.3 is 23.9 Å². The van der Waals surface area contributed by atoms with Gasteiger partial charge in [0.15, 0.2) is 0 Å². The van der Waals surface area contributed by atoms with Crippen LogP contribution in [0.25, 0.3) is 0 Å². The Hall–Kier alpha value is 0.1000. The number of hydrogen-bond acceptors (Lipinski definition) is 0. The zero-order valence-corrected chi connectivity index (χ0v) is 14.7. The molecule has 140 valence electrons. The third-order valence-electron chi connectivity index (χ3n) is 3.35. The van der Waals surface area contributed by atoms with Gasteiger partial charge in [-0.15, -0.1) is 0 Å². The first-order chi connectivity index (χ1) is 10.0. The molecule has 1 atom stereocenters. The van der Waals surface area contributed by atoms with Gasteiger partial charge in [-0.05, 0) is 6.42 Å². The van der Waals surface area contributed by atoms with Gasteiger partial charge in [-0.1, -0.05) is 62.1 Å². The van der Waals surface area contributed by atoms with Gasteiger partial charge in [-0.25, -0.2) is 0 Å². The molecule has 0 aromatic rings. The summed E-state index contributed by atoms with van der Waals surface area (Å²) in [6.07, 6.45) is -5.87. The van der Waals surface area contributed by atoms with Crippen molar-refractivity contribution >= 4 is 22.6 Å². The molecule has 0 bridgehead atoms. The van der Waals surface area contributed by atoms with Crippen LogP contribution in [0.3, 0.4) is 0 Å². The van der Waals surface area contributed by atoms with Crippen LogP contribution in [-0.2, 0) is 0 Å². The van der Waals surface area contributed by atoms with E-state index in [1.807, 2.05) is 6.92 Å². The van der Waals surface area contributed by atoms with Crippen LogP contribution >= 0.6 is 22.6 Å². The van der Waals surface area contributed by atoms with Crippen LogP contribution in [0.5, 0.6) is 0 Å². The molecule has 0 aromatic heterocycles. The van der Waals surface area contributed by atoms with E-state index in [0.29, 0.717) is 12.8 Å². The predicted octanol–water partition coefficient (Wildman–Crippen LogP) is 7.01. The SMILES string of the molecule is CCCCCCC(C)(I)CC(F)(F)C(F)(F)C(F)(F)C(F)(F)F. The van der Waals surface area contributed by atoms with Gasteiger partial charge in [0, 0.05) is 9.84 Å². The van der Waals surface area contributed by atoms with Gasteiger partial charge in [-0.2, -0.15) is 39.5 Å². The maximum atomic E-state index is 13.6. The molecular formula is C13H18F9I. The fourth-order valence-electron chi connectivity index (χ4n) is 1.99. The number of unbranched alkanes of at least 4 members (excludes halogenated alkanes) is 3. The van der Waals surface area contributed by atoms with Crippen molar-refractivity contribution in [3.05, 3.63) is 0 Å². The highest BCUT2D eigenvalue weighted by molar-refractivity contribution is 14.1. The highest BCUT2D eigenvalue weighted by Gasteiger charge is 2.81. The smallest absolute Gasteiger partial charge is 0.200 e. The van der Waals surface area contributed by atoms with E-state index in [2.05, 4.69) is 0 Å². The van der Waals surface area contributed by atoms with Crippen molar-refractivity contribution < 1.29 is 39.5 Å². The van der Waals surface area contributed by atoms with E-state index in [-0.39, 0.29) is 6.42 Å². The zero-order chi connectivity index (χ0) is 18.7. The van der Waals surface area contributed by atoms with Crippen LogP contribution in [0.15, 0.2) is 0 Å². The lowest BCUT2D eigenvalue weighted by atomic mass is 9.91. The summed E-state index contributed by atoms with van der Waals surface area (Å²) in [6.45, 7) is 3.02. The van der Waals surface area contributed by atoms with Crippen molar-refractivity contribution in [2.24, 2.45) is 0 Å². The minimum atomic E-state index is -6.81. The number of halogens is 10. The van der Waals surface area contributed by atoms with Crippen LogP contribution in [0.2, 0.25) is 0 Å².